The fraction of sp³-hybridized carbons (Fsp3) is 0.800. The molecule has 1 saturated heterocycles. The van der Waals surface area contributed by atoms with Gasteiger partial charge in [0.25, 0.3) is 0 Å². The van der Waals surface area contributed by atoms with Crippen molar-refractivity contribution in [1.29, 1.82) is 0 Å². The van der Waals surface area contributed by atoms with E-state index in [2.05, 4.69) is 13.5 Å². The molecule has 18 heavy (non-hydrogen) atoms. The van der Waals surface area contributed by atoms with E-state index in [0.29, 0.717) is 25.2 Å². The molecular formula is C15H22O3. The second-order valence-electron chi connectivity index (χ2n) is 7.11. The highest BCUT2D eigenvalue weighted by atomic mass is 16.5. The van der Waals surface area contributed by atoms with Crippen molar-refractivity contribution in [2.24, 2.45) is 11.3 Å². The number of hydrogen-bond acceptors (Lipinski definition) is 3. The number of hydrogen-bond donors (Lipinski definition) is 1. The zero-order chi connectivity index (χ0) is 13.3. The number of ketones is 1. The zero-order valence-corrected chi connectivity index (χ0v) is 11.5. The van der Waals surface area contributed by atoms with Crippen LogP contribution in [0.1, 0.15) is 46.5 Å². The van der Waals surface area contributed by atoms with Crippen LogP contribution in [0.15, 0.2) is 12.2 Å². The van der Waals surface area contributed by atoms with Crippen molar-refractivity contribution in [3.8, 4) is 0 Å². The van der Waals surface area contributed by atoms with Gasteiger partial charge in [-0.05, 0) is 43.6 Å². The van der Waals surface area contributed by atoms with E-state index in [4.69, 9.17) is 4.74 Å². The van der Waals surface area contributed by atoms with E-state index in [9.17, 15) is 9.90 Å². The first kappa shape index (κ1) is 12.4. The number of fused-ring (bicyclic) bond motifs is 1. The predicted molar refractivity (Wildman–Crippen MR) is 68.1 cm³/mol. The van der Waals surface area contributed by atoms with Gasteiger partial charge in [-0.25, -0.2) is 0 Å². The zero-order valence-electron chi connectivity index (χ0n) is 11.5. The molecule has 3 nitrogen and oxygen atoms in total. The van der Waals surface area contributed by atoms with E-state index in [-0.39, 0.29) is 11.2 Å². The predicted octanol–water partition coefficient (Wildman–Crippen LogP) is 2.23. The van der Waals surface area contributed by atoms with Crippen LogP contribution in [-0.4, -0.2) is 28.2 Å². The van der Waals surface area contributed by atoms with Crippen LogP contribution in [0, 0.1) is 11.3 Å². The van der Waals surface area contributed by atoms with Gasteiger partial charge in [0.1, 0.15) is 11.4 Å². The Kier molecular flexibility index (Phi) is 2.24. The Balaban J connectivity index is 2.12. The maximum absolute atomic E-state index is 12.0. The molecule has 1 N–H and O–H groups in total. The summed E-state index contributed by atoms with van der Waals surface area (Å²) in [6.45, 7) is 10.1. The van der Waals surface area contributed by atoms with E-state index < -0.39 is 17.3 Å². The number of carbonyl (C=O) groups excluding carboxylic acids is 1. The fourth-order valence-corrected chi connectivity index (χ4v) is 4.79. The normalized spacial score (nSPS) is 54.6. The van der Waals surface area contributed by atoms with Crippen LogP contribution >= 0.6 is 0 Å². The lowest BCUT2D eigenvalue weighted by molar-refractivity contribution is -0.145. The highest BCUT2D eigenvalue weighted by Crippen LogP contribution is 2.64. The first-order valence-electron chi connectivity index (χ1n) is 6.78. The maximum Gasteiger partial charge on any atom is 0.136 e. The summed E-state index contributed by atoms with van der Waals surface area (Å²) < 4.78 is 6.27. The minimum atomic E-state index is -0.621. The van der Waals surface area contributed by atoms with Crippen molar-refractivity contribution >= 4 is 5.78 Å². The summed E-state index contributed by atoms with van der Waals surface area (Å²) in [5, 5.41) is 10.5. The molecule has 3 fully saturated rings. The van der Waals surface area contributed by atoms with Crippen molar-refractivity contribution in [3.63, 3.8) is 0 Å². The lowest BCUT2D eigenvalue weighted by Crippen LogP contribution is -2.52. The van der Waals surface area contributed by atoms with Crippen molar-refractivity contribution in [3.05, 3.63) is 12.2 Å². The molecule has 3 heteroatoms. The van der Waals surface area contributed by atoms with Gasteiger partial charge in [0.05, 0.1) is 11.7 Å². The second kappa shape index (κ2) is 3.26. The van der Waals surface area contributed by atoms with Crippen molar-refractivity contribution < 1.29 is 14.6 Å². The molecule has 1 aliphatic heterocycles. The van der Waals surface area contributed by atoms with Gasteiger partial charge in [0, 0.05) is 12.8 Å². The Bertz CT molecular complexity index is 443. The molecule has 5 atom stereocenters. The molecule has 1 heterocycles. The molecule has 0 radical (unpaired) electrons. The first-order chi connectivity index (χ1) is 8.22. The maximum atomic E-state index is 12.0. The van der Waals surface area contributed by atoms with Gasteiger partial charge in [-0.15, -0.1) is 0 Å². The number of rotatable bonds is 1. The molecule has 0 aromatic heterocycles. The largest absolute Gasteiger partial charge is 0.390 e. The molecule has 3 rings (SSSR count). The van der Waals surface area contributed by atoms with Crippen LogP contribution in [0.4, 0.5) is 0 Å². The van der Waals surface area contributed by atoms with Gasteiger partial charge in [-0.2, -0.15) is 0 Å². The third-order valence-corrected chi connectivity index (χ3v) is 5.57. The molecule has 0 amide bonds. The summed E-state index contributed by atoms with van der Waals surface area (Å²) in [5.41, 5.74) is -0.261. The Morgan fingerprint density at radius 3 is 2.67 bits per heavy atom. The number of aliphatic hydroxyl groups is 1. The molecular weight excluding hydrogens is 228 g/mol. The minimum Gasteiger partial charge on any atom is -0.390 e. The third kappa shape index (κ3) is 1.29. The first-order valence-corrected chi connectivity index (χ1v) is 6.78. The van der Waals surface area contributed by atoms with Crippen LogP contribution in [0.25, 0.3) is 0 Å². The Hall–Kier alpha value is -0.670. The molecule has 0 spiro atoms. The highest BCUT2D eigenvalue weighted by Gasteiger charge is 2.68. The summed E-state index contributed by atoms with van der Waals surface area (Å²) in [7, 11) is 0. The van der Waals surface area contributed by atoms with Crippen LogP contribution in [0.5, 0.6) is 0 Å². The molecule has 0 aromatic rings. The average Bonchev–Trinajstić information content (AvgIpc) is 2.49. The molecule has 2 bridgehead atoms. The summed E-state index contributed by atoms with van der Waals surface area (Å²) in [4.78, 5) is 12.0. The van der Waals surface area contributed by atoms with E-state index in [1.54, 1.807) is 0 Å². The minimum absolute atomic E-state index is 0.112. The molecule has 0 aromatic carbocycles. The van der Waals surface area contributed by atoms with Gasteiger partial charge in [0.2, 0.25) is 0 Å². The van der Waals surface area contributed by atoms with Gasteiger partial charge in [-0.1, -0.05) is 13.5 Å². The Labute approximate surface area is 108 Å². The van der Waals surface area contributed by atoms with Crippen molar-refractivity contribution in [2.45, 2.75) is 63.8 Å². The summed E-state index contributed by atoms with van der Waals surface area (Å²) in [6.07, 6.45) is 1.98. The van der Waals surface area contributed by atoms with E-state index >= 15 is 0 Å². The SMILES string of the molecule is C=C(C)[C@@]12C[C@@H]3[C@@](C)(CC(=O)C[C@]3(C)O1)C[C@@H]2O. The third-order valence-electron chi connectivity index (χ3n) is 5.57. The molecule has 2 aliphatic carbocycles. The number of carbonyl (C=O) groups is 1. The summed E-state index contributed by atoms with van der Waals surface area (Å²) >= 11 is 0. The number of Topliss-reactive ketones (excluding diaryl/α,β-unsaturated/α-hetero) is 1. The van der Waals surface area contributed by atoms with Crippen LogP contribution in [0.2, 0.25) is 0 Å². The van der Waals surface area contributed by atoms with E-state index in [1.807, 2.05) is 13.8 Å². The summed E-state index contributed by atoms with van der Waals surface area (Å²) in [6, 6.07) is 0. The second-order valence-corrected chi connectivity index (χ2v) is 7.11. The van der Waals surface area contributed by atoms with Gasteiger partial charge >= 0.3 is 0 Å². The Morgan fingerprint density at radius 1 is 1.39 bits per heavy atom. The smallest absolute Gasteiger partial charge is 0.136 e. The highest BCUT2D eigenvalue weighted by molar-refractivity contribution is 5.81. The lowest BCUT2D eigenvalue weighted by atomic mass is 9.53. The van der Waals surface area contributed by atoms with Gasteiger partial charge in [0.15, 0.2) is 0 Å². The van der Waals surface area contributed by atoms with Crippen LogP contribution in [0.3, 0.4) is 0 Å². The molecule has 2 saturated carbocycles. The standard InChI is InChI=1S/C15H22O3/c1-9(2)15-7-11-13(3,8-12(15)17)5-10(16)6-14(11,4)18-15/h11-12,17H,1,5-8H2,2-4H3/t11-,12+,13+,14+,15-/m1/s1. The number of ether oxygens (including phenoxy) is 1. The molecule has 100 valence electrons. The van der Waals surface area contributed by atoms with E-state index in [0.717, 1.165) is 12.0 Å². The topological polar surface area (TPSA) is 46.5 Å². The Morgan fingerprint density at radius 2 is 2.06 bits per heavy atom. The quantitative estimate of drug-likeness (QED) is 0.726. The average molecular weight is 250 g/mol. The number of aliphatic hydroxyl groups excluding tert-OH is 1. The molecule has 3 aliphatic rings. The monoisotopic (exact) mass is 250 g/mol. The van der Waals surface area contributed by atoms with Crippen LogP contribution < -0.4 is 0 Å². The van der Waals surface area contributed by atoms with Crippen LogP contribution in [-0.2, 0) is 9.53 Å². The lowest BCUT2D eigenvalue weighted by Gasteiger charge is -2.49. The molecule has 0 unspecified atom stereocenters. The summed E-state index contributed by atoms with van der Waals surface area (Å²) in [5.74, 6) is 0.616. The van der Waals surface area contributed by atoms with Crippen molar-refractivity contribution in [2.75, 3.05) is 0 Å². The van der Waals surface area contributed by atoms with Gasteiger partial charge < -0.3 is 9.84 Å². The van der Waals surface area contributed by atoms with E-state index in [1.165, 1.54) is 0 Å². The van der Waals surface area contributed by atoms with Gasteiger partial charge in [-0.3, -0.25) is 4.79 Å². The van der Waals surface area contributed by atoms with Crippen molar-refractivity contribution in [1.82, 2.24) is 0 Å². The fourth-order valence-electron chi connectivity index (χ4n) is 4.79.